The molecule has 4 atom stereocenters. The van der Waals surface area contributed by atoms with Crippen molar-refractivity contribution in [3.63, 3.8) is 0 Å². The quantitative estimate of drug-likeness (QED) is 0.0374. The second-order valence-corrected chi connectivity index (χ2v) is 17.4. The van der Waals surface area contributed by atoms with Gasteiger partial charge in [0, 0.05) is 44.4 Å². The number of phenols is 1. The Labute approximate surface area is 370 Å². The first-order valence-electron chi connectivity index (χ1n) is 23.1. The molecule has 13 nitrogen and oxygen atoms in total. The first kappa shape index (κ1) is 55.2. The molecule has 1 aromatic rings. The van der Waals surface area contributed by atoms with Crippen molar-refractivity contribution in [3.05, 3.63) is 29.8 Å². The Morgan fingerprint density at radius 2 is 1.16 bits per heavy atom. The van der Waals surface area contributed by atoms with E-state index in [1.54, 1.807) is 30.8 Å². The van der Waals surface area contributed by atoms with Crippen molar-refractivity contribution in [3.8, 4) is 5.75 Å². The highest BCUT2D eigenvalue weighted by Gasteiger charge is 2.31. The number of carbonyl (C=O) groups excluding carboxylic acids is 7. The van der Waals surface area contributed by atoms with Gasteiger partial charge in [-0.1, -0.05) is 103 Å². The summed E-state index contributed by atoms with van der Waals surface area (Å²) in [7, 11) is 0. The van der Waals surface area contributed by atoms with Gasteiger partial charge in [-0.2, -0.15) is 11.8 Å². The number of ketones is 3. The molecule has 1 aromatic carbocycles. The van der Waals surface area contributed by atoms with Gasteiger partial charge in [0.15, 0.2) is 17.3 Å². The van der Waals surface area contributed by atoms with Gasteiger partial charge in [0.05, 0.1) is 18.1 Å². The highest BCUT2D eigenvalue weighted by atomic mass is 32.2. The largest absolute Gasteiger partial charge is 0.508 e. The maximum atomic E-state index is 14.0. The van der Waals surface area contributed by atoms with E-state index < -0.39 is 47.5 Å². The van der Waals surface area contributed by atoms with E-state index in [2.05, 4.69) is 22.9 Å². The standard InChI is InChI=1S/C47H79N5O8S/c1-4-6-7-8-9-10-11-12-13-14-15-16-17-21-45(58)50-39(30-32-61-3)42(55)27-29-46(59)51-40(33-35-22-25-37(53)26-23-35)43(56)34-36(24-28-44(49)57)47(60)52-38(41(54)5-2)20-18-19-31-48/h22-23,25-26,36,38-40,53H,4-21,24,27-34,48H2,1-3H3,(H2,49,57)(H,50,58)(H,51,59)(H,52,60)/t36-,38+,39+,40+/m1/s1. The van der Waals surface area contributed by atoms with Crippen molar-refractivity contribution in [2.75, 3.05) is 18.6 Å². The Kier molecular flexibility index (Phi) is 31.5. The van der Waals surface area contributed by atoms with Crippen LogP contribution in [0.25, 0.3) is 0 Å². The molecule has 0 fully saturated rings. The van der Waals surface area contributed by atoms with E-state index in [1.165, 1.54) is 76.3 Å². The number of nitrogens with one attached hydrogen (secondary N) is 3. The van der Waals surface area contributed by atoms with Crippen molar-refractivity contribution in [1.29, 1.82) is 0 Å². The highest BCUT2D eigenvalue weighted by molar-refractivity contribution is 7.98. The molecule has 0 radical (unpaired) electrons. The lowest BCUT2D eigenvalue weighted by molar-refractivity contribution is -0.134. The van der Waals surface area contributed by atoms with Crippen molar-refractivity contribution in [2.45, 2.75) is 192 Å². The SMILES string of the molecule is CCCCCCCCCCCCCCCC(=O)N[C@@H](CCSC)C(=O)CCC(=O)N[C@@H](Cc1ccc(O)cc1)C(=O)C[C@@H](CCC(N)=O)C(=O)N[C@@H](CCCCN)C(=O)CC. The molecule has 4 amide bonds. The third kappa shape index (κ3) is 27.0. The van der Waals surface area contributed by atoms with Crippen LogP contribution in [0.15, 0.2) is 24.3 Å². The van der Waals surface area contributed by atoms with Crippen LogP contribution in [0.5, 0.6) is 5.75 Å². The summed E-state index contributed by atoms with van der Waals surface area (Å²) in [5.74, 6) is -3.22. The zero-order chi connectivity index (χ0) is 45.3. The molecule has 0 aliphatic rings. The molecule has 0 unspecified atom stereocenters. The molecule has 0 aromatic heterocycles. The zero-order valence-corrected chi connectivity index (χ0v) is 38.4. The summed E-state index contributed by atoms with van der Waals surface area (Å²) in [5.41, 5.74) is 11.7. The molecule has 1 rings (SSSR count). The van der Waals surface area contributed by atoms with Crippen LogP contribution in [-0.4, -0.2) is 82.8 Å². The maximum Gasteiger partial charge on any atom is 0.224 e. The summed E-state index contributed by atoms with van der Waals surface area (Å²) in [4.78, 5) is 91.7. The highest BCUT2D eigenvalue weighted by Crippen LogP contribution is 2.19. The van der Waals surface area contributed by atoms with Crippen molar-refractivity contribution >= 4 is 52.7 Å². The molecule has 0 bridgehead atoms. The normalized spacial score (nSPS) is 13.1. The van der Waals surface area contributed by atoms with Crippen LogP contribution >= 0.6 is 11.8 Å². The van der Waals surface area contributed by atoms with E-state index in [9.17, 15) is 38.7 Å². The van der Waals surface area contributed by atoms with Gasteiger partial charge in [0.1, 0.15) is 5.75 Å². The molecule has 0 aliphatic carbocycles. The first-order valence-corrected chi connectivity index (χ1v) is 24.5. The van der Waals surface area contributed by atoms with E-state index in [1.807, 2.05) is 6.26 Å². The number of hydrogen-bond donors (Lipinski definition) is 6. The minimum absolute atomic E-state index is 0.0208. The number of primary amides is 1. The number of aromatic hydroxyl groups is 1. The Balaban J connectivity index is 2.88. The fourth-order valence-electron chi connectivity index (χ4n) is 7.28. The number of unbranched alkanes of at least 4 members (excludes halogenated alkanes) is 13. The molecule has 61 heavy (non-hydrogen) atoms. The second-order valence-electron chi connectivity index (χ2n) is 16.4. The van der Waals surface area contributed by atoms with E-state index in [4.69, 9.17) is 11.5 Å². The smallest absolute Gasteiger partial charge is 0.224 e. The molecular formula is C47H79N5O8S. The molecule has 346 valence electrons. The number of Topliss-reactive ketones (excluding diaryl/α,β-unsaturated/α-hetero) is 3. The molecule has 0 saturated carbocycles. The zero-order valence-electron chi connectivity index (χ0n) is 37.6. The number of phenolic OH excluding ortho intramolecular Hbond substituents is 1. The molecule has 0 heterocycles. The van der Waals surface area contributed by atoms with Crippen LogP contribution in [0.2, 0.25) is 0 Å². The third-order valence-electron chi connectivity index (χ3n) is 11.1. The Morgan fingerprint density at radius 1 is 0.607 bits per heavy atom. The van der Waals surface area contributed by atoms with Crippen molar-refractivity contribution in [1.82, 2.24) is 16.0 Å². The van der Waals surface area contributed by atoms with Crippen molar-refractivity contribution < 1.29 is 38.7 Å². The molecule has 0 spiro atoms. The summed E-state index contributed by atoms with van der Waals surface area (Å²) in [5, 5.41) is 18.2. The van der Waals surface area contributed by atoms with Gasteiger partial charge in [0.25, 0.3) is 0 Å². The van der Waals surface area contributed by atoms with Crippen molar-refractivity contribution in [2.24, 2.45) is 17.4 Å². The topological polar surface area (TPSA) is 228 Å². The van der Waals surface area contributed by atoms with Gasteiger partial charge in [0.2, 0.25) is 23.6 Å². The average Bonchev–Trinajstić information content (AvgIpc) is 3.24. The maximum absolute atomic E-state index is 14.0. The summed E-state index contributed by atoms with van der Waals surface area (Å²) in [6.45, 7) is 4.37. The number of hydrogen-bond acceptors (Lipinski definition) is 10. The van der Waals surface area contributed by atoms with E-state index in [0.29, 0.717) is 50.0 Å². The summed E-state index contributed by atoms with van der Waals surface area (Å²) < 4.78 is 0. The Hall–Kier alpha value is -3.78. The van der Waals surface area contributed by atoms with Gasteiger partial charge in [-0.15, -0.1) is 0 Å². The summed E-state index contributed by atoms with van der Waals surface area (Å²) in [6, 6.07) is 3.52. The molecule has 0 aliphatic heterocycles. The van der Waals surface area contributed by atoms with Gasteiger partial charge in [-0.05, 0) is 81.2 Å². The predicted molar refractivity (Wildman–Crippen MR) is 245 cm³/mol. The lowest BCUT2D eigenvalue weighted by Gasteiger charge is -2.24. The number of thioether (sulfide) groups is 1. The first-order chi connectivity index (χ1) is 29.3. The molecule has 0 saturated heterocycles. The van der Waals surface area contributed by atoms with Crippen LogP contribution in [0.1, 0.15) is 174 Å². The summed E-state index contributed by atoms with van der Waals surface area (Å²) >= 11 is 1.56. The number of rotatable bonds is 39. The Bertz CT molecular complexity index is 1440. The van der Waals surface area contributed by atoms with E-state index in [0.717, 1.165) is 19.3 Å². The molecule has 14 heteroatoms. The lowest BCUT2D eigenvalue weighted by atomic mass is 9.90. The molecular weight excluding hydrogens is 795 g/mol. The lowest BCUT2D eigenvalue weighted by Crippen LogP contribution is -2.47. The van der Waals surface area contributed by atoms with Gasteiger partial charge < -0.3 is 32.5 Å². The summed E-state index contributed by atoms with van der Waals surface area (Å²) in [6.07, 6.45) is 19.3. The number of benzene rings is 1. The number of amides is 4. The van der Waals surface area contributed by atoms with E-state index in [-0.39, 0.29) is 68.2 Å². The van der Waals surface area contributed by atoms with Gasteiger partial charge in [-0.25, -0.2) is 0 Å². The van der Waals surface area contributed by atoms with Gasteiger partial charge in [-0.3, -0.25) is 33.6 Å². The third-order valence-corrected chi connectivity index (χ3v) is 11.7. The van der Waals surface area contributed by atoms with Gasteiger partial charge >= 0.3 is 0 Å². The number of carbonyl (C=O) groups is 7. The minimum Gasteiger partial charge on any atom is -0.508 e. The second kappa shape index (κ2) is 34.8. The minimum atomic E-state index is -1.11. The fraction of sp³-hybridized carbons (Fsp3) is 0.723. The monoisotopic (exact) mass is 874 g/mol. The van der Waals surface area contributed by atoms with Crippen LogP contribution in [0.4, 0.5) is 0 Å². The Morgan fingerprint density at radius 3 is 1.72 bits per heavy atom. The molecule has 8 N–H and O–H groups in total. The van der Waals surface area contributed by atoms with Crippen LogP contribution in [-0.2, 0) is 40.0 Å². The van der Waals surface area contributed by atoms with Crippen LogP contribution in [0.3, 0.4) is 0 Å². The fourth-order valence-corrected chi connectivity index (χ4v) is 7.75. The number of nitrogens with two attached hydrogens (primary N) is 2. The predicted octanol–water partition coefficient (Wildman–Crippen LogP) is 6.92. The van der Waals surface area contributed by atoms with Crippen LogP contribution < -0.4 is 27.4 Å². The average molecular weight is 874 g/mol. The van der Waals surface area contributed by atoms with E-state index >= 15 is 0 Å². The van der Waals surface area contributed by atoms with Crippen LogP contribution in [0, 0.1) is 5.92 Å².